The van der Waals surface area contributed by atoms with Gasteiger partial charge in [0.1, 0.15) is 0 Å². The van der Waals surface area contributed by atoms with Crippen LogP contribution in [-0.4, -0.2) is 49.6 Å². The molecule has 0 aliphatic heterocycles. The molecule has 0 fully saturated rings. The van der Waals surface area contributed by atoms with Crippen molar-refractivity contribution in [1.82, 2.24) is 0 Å². The first-order valence-corrected chi connectivity index (χ1v) is 15.4. The lowest BCUT2D eigenvalue weighted by atomic mass is 10.1. The molecular weight excluding hydrogens is 420 g/mol. The number of rotatable bonds is 27. The second kappa shape index (κ2) is 23.3. The van der Waals surface area contributed by atoms with Crippen LogP contribution in [0.25, 0.3) is 0 Å². The largest absolute Gasteiger partial charge is 0.633 e. The van der Waals surface area contributed by atoms with Gasteiger partial charge in [-0.2, -0.15) is 0 Å². The van der Waals surface area contributed by atoms with Gasteiger partial charge in [0.25, 0.3) is 0 Å². The molecule has 4 heteroatoms. The molecule has 2 unspecified atom stereocenters. The fraction of sp³-hybridized carbons (Fsp3) is 1.00. The molecule has 4 nitrogen and oxygen atoms in total. The highest BCUT2D eigenvalue weighted by Gasteiger charge is 2.11. The molecule has 0 aliphatic carbocycles. The molecule has 0 N–H and O–H groups in total. The number of quaternary nitrogens is 2. The Morgan fingerprint density at radius 2 is 0.500 bits per heavy atom. The van der Waals surface area contributed by atoms with Gasteiger partial charge in [0.05, 0.1) is 40.3 Å². The molecule has 0 bridgehead atoms. The van der Waals surface area contributed by atoms with Gasteiger partial charge in [-0.15, -0.1) is 0 Å². The first kappa shape index (κ1) is 33.8. The third kappa shape index (κ3) is 24.9. The van der Waals surface area contributed by atoms with E-state index in [4.69, 9.17) is 0 Å². The molecule has 34 heavy (non-hydrogen) atoms. The SMILES string of the molecule is CCCCCCCCCCC[N+](C)([O-])CCCCCC[N+](C)([O-])CCCCCCCCCCC. The fourth-order valence-corrected chi connectivity index (χ4v) is 4.98. The van der Waals surface area contributed by atoms with Gasteiger partial charge < -0.3 is 19.7 Å². The Morgan fingerprint density at radius 3 is 0.706 bits per heavy atom. The number of nitrogens with zero attached hydrogens (tertiary/aromatic N) is 2. The summed E-state index contributed by atoms with van der Waals surface area (Å²) >= 11 is 0. The Hall–Kier alpha value is -0.160. The maximum absolute atomic E-state index is 12.6. The van der Waals surface area contributed by atoms with Gasteiger partial charge in [0, 0.05) is 0 Å². The van der Waals surface area contributed by atoms with Crippen LogP contribution in [0.15, 0.2) is 0 Å². The lowest BCUT2D eigenvalue weighted by Gasteiger charge is -2.39. The van der Waals surface area contributed by atoms with E-state index in [1.165, 1.54) is 103 Å². The van der Waals surface area contributed by atoms with E-state index in [0.717, 1.165) is 64.7 Å². The van der Waals surface area contributed by atoms with Crippen LogP contribution in [-0.2, 0) is 0 Å². The summed E-state index contributed by atoms with van der Waals surface area (Å²) in [6, 6.07) is 0. The Labute approximate surface area is 215 Å². The van der Waals surface area contributed by atoms with Crippen LogP contribution in [0.3, 0.4) is 0 Å². The first-order chi connectivity index (χ1) is 16.3. The van der Waals surface area contributed by atoms with E-state index >= 15 is 0 Å². The van der Waals surface area contributed by atoms with Crippen LogP contribution in [0.5, 0.6) is 0 Å². The van der Waals surface area contributed by atoms with Crippen molar-refractivity contribution in [3.63, 3.8) is 0 Å². The van der Waals surface area contributed by atoms with Crippen LogP contribution >= 0.6 is 0 Å². The summed E-state index contributed by atoms with van der Waals surface area (Å²) in [5, 5.41) is 25.3. The molecule has 0 saturated carbocycles. The summed E-state index contributed by atoms with van der Waals surface area (Å²) in [7, 11) is 3.70. The summed E-state index contributed by atoms with van der Waals surface area (Å²) in [6.07, 6.45) is 27.6. The minimum Gasteiger partial charge on any atom is -0.633 e. The molecule has 0 radical (unpaired) electrons. The van der Waals surface area contributed by atoms with Gasteiger partial charge in [-0.05, 0) is 51.4 Å². The van der Waals surface area contributed by atoms with Gasteiger partial charge in [-0.1, -0.05) is 104 Å². The maximum Gasteiger partial charge on any atom is 0.0781 e. The normalized spacial score (nSPS) is 15.4. The molecule has 2 atom stereocenters. The molecule has 0 spiro atoms. The quantitative estimate of drug-likeness (QED) is 0.0662. The highest BCUT2D eigenvalue weighted by atomic mass is 16.5. The zero-order valence-electron chi connectivity index (χ0n) is 24.1. The van der Waals surface area contributed by atoms with Crippen LogP contribution in [0.4, 0.5) is 0 Å². The minimum absolute atomic E-state index is 0.0789. The summed E-state index contributed by atoms with van der Waals surface area (Å²) in [5.74, 6) is 0. The average molecular weight is 485 g/mol. The van der Waals surface area contributed by atoms with Crippen molar-refractivity contribution in [2.24, 2.45) is 0 Å². The average Bonchev–Trinajstić information content (AvgIpc) is 2.79. The van der Waals surface area contributed by atoms with Crippen molar-refractivity contribution in [2.45, 2.75) is 155 Å². The molecule has 0 aromatic rings. The predicted octanol–water partition coefficient (Wildman–Crippen LogP) is 9.50. The first-order valence-electron chi connectivity index (χ1n) is 15.4. The fourth-order valence-electron chi connectivity index (χ4n) is 4.98. The molecule has 0 amide bonds. The molecule has 0 rings (SSSR count). The van der Waals surface area contributed by atoms with Gasteiger partial charge >= 0.3 is 0 Å². The van der Waals surface area contributed by atoms with Crippen LogP contribution < -0.4 is 0 Å². The minimum atomic E-state index is -0.0789. The molecular formula is C30H64N2O2. The van der Waals surface area contributed by atoms with E-state index in [-0.39, 0.29) is 9.29 Å². The van der Waals surface area contributed by atoms with Gasteiger partial charge in [0.2, 0.25) is 0 Å². The standard InChI is InChI=1S/C30H64N2O2/c1-5-7-9-11-13-15-17-19-23-27-31(3,33)29-25-21-22-26-30-32(4,34)28-24-20-18-16-14-12-10-8-6-2/h5-30H2,1-4H3. The van der Waals surface area contributed by atoms with Crippen molar-refractivity contribution >= 4 is 0 Å². The van der Waals surface area contributed by atoms with Crippen molar-refractivity contribution < 1.29 is 9.29 Å². The van der Waals surface area contributed by atoms with Gasteiger partial charge in [-0.25, -0.2) is 0 Å². The summed E-state index contributed by atoms with van der Waals surface area (Å²) in [5.41, 5.74) is 0. The van der Waals surface area contributed by atoms with E-state index < -0.39 is 0 Å². The molecule has 0 aromatic carbocycles. The number of hydrogen-bond acceptors (Lipinski definition) is 2. The van der Waals surface area contributed by atoms with E-state index in [0.29, 0.717) is 0 Å². The Morgan fingerprint density at radius 1 is 0.324 bits per heavy atom. The van der Waals surface area contributed by atoms with Gasteiger partial charge in [0.15, 0.2) is 0 Å². The molecule has 206 valence electrons. The Bertz CT molecular complexity index is 375. The van der Waals surface area contributed by atoms with Crippen LogP contribution in [0, 0.1) is 10.4 Å². The lowest BCUT2D eigenvalue weighted by Crippen LogP contribution is -2.39. The van der Waals surface area contributed by atoms with Crippen LogP contribution in [0.2, 0.25) is 0 Å². The third-order valence-corrected chi connectivity index (χ3v) is 7.48. The van der Waals surface area contributed by atoms with E-state index in [1.54, 1.807) is 0 Å². The Kier molecular flexibility index (Phi) is 23.1. The topological polar surface area (TPSA) is 46.1 Å². The van der Waals surface area contributed by atoms with Crippen molar-refractivity contribution in [1.29, 1.82) is 0 Å². The highest BCUT2D eigenvalue weighted by Crippen LogP contribution is 2.15. The molecule has 0 heterocycles. The van der Waals surface area contributed by atoms with Crippen molar-refractivity contribution in [3.05, 3.63) is 10.4 Å². The van der Waals surface area contributed by atoms with E-state index in [2.05, 4.69) is 13.8 Å². The zero-order chi connectivity index (χ0) is 25.4. The third-order valence-electron chi connectivity index (χ3n) is 7.48. The smallest absolute Gasteiger partial charge is 0.0781 e. The van der Waals surface area contributed by atoms with Crippen molar-refractivity contribution in [3.8, 4) is 0 Å². The van der Waals surface area contributed by atoms with E-state index in [9.17, 15) is 10.4 Å². The summed E-state index contributed by atoms with van der Waals surface area (Å²) in [4.78, 5) is 0. The number of hydrogen-bond donors (Lipinski definition) is 0. The second-order valence-corrected chi connectivity index (χ2v) is 11.6. The molecule has 0 aromatic heterocycles. The molecule has 0 aliphatic rings. The highest BCUT2D eigenvalue weighted by molar-refractivity contribution is 4.51. The van der Waals surface area contributed by atoms with Gasteiger partial charge in [-0.3, -0.25) is 0 Å². The summed E-state index contributed by atoms with van der Waals surface area (Å²) < 4.78 is -0.158. The number of unbranched alkanes of at least 4 members (excludes halogenated alkanes) is 19. The van der Waals surface area contributed by atoms with Crippen LogP contribution in [0.1, 0.15) is 155 Å². The zero-order valence-corrected chi connectivity index (χ0v) is 24.1. The lowest BCUT2D eigenvalue weighted by molar-refractivity contribution is -0.862. The maximum atomic E-state index is 12.6. The number of hydroxylamine groups is 6. The molecule has 0 saturated heterocycles. The Balaban J connectivity index is 3.54. The second-order valence-electron chi connectivity index (χ2n) is 11.6. The summed E-state index contributed by atoms with van der Waals surface area (Å²) in [6.45, 7) is 7.53. The van der Waals surface area contributed by atoms with E-state index in [1.807, 2.05) is 14.1 Å². The predicted molar refractivity (Wildman–Crippen MR) is 151 cm³/mol. The van der Waals surface area contributed by atoms with Crippen molar-refractivity contribution in [2.75, 3.05) is 40.3 Å². The monoisotopic (exact) mass is 484 g/mol.